The Kier molecular flexibility index (Phi) is 6.09. The number of hydrogen-bond donors (Lipinski definition) is 1. The van der Waals surface area contributed by atoms with Crippen LogP contribution in [0.3, 0.4) is 0 Å². The molecule has 0 aliphatic heterocycles. The fourth-order valence-electron chi connectivity index (χ4n) is 3.90. The summed E-state index contributed by atoms with van der Waals surface area (Å²) >= 11 is 0. The van der Waals surface area contributed by atoms with Crippen molar-refractivity contribution >= 4 is 10.8 Å². The average molecular weight is 491 g/mol. The maximum absolute atomic E-state index is 15.2. The van der Waals surface area contributed by atoms with Gasteiger partial charge in [0.15, 0.2) is 5.82 Å². The third-order valence-electron chi connectivity index (χ3n) is 5.86. The minimum Gasteiger partial charge on any atom is -0.388 e. The fraction of sp³-hybridized carbons (Fsp3) is 0.304. The second-order valence-electron chi connectivity index (χ2n) is 8.01. The summed E-state index contributed by atoms with van der Waals surface area (Å²) in [7, 11) is 0. The summed E-state index contributed by atoms with van der Waals surface area (Å²) in [6, 6.07) is 8.24. The van der Waals surface area contributed by atoms with Crippen LogP contribution >= 0.6 is 0 Å². The van der Waals surface area contributed by atoms with Crippen LogP contribution in [0, 0.1) is 12.7 Å². The van der Waals surface area contributed by atoms with Crippen molar-refractivity contribution in [3.8, 4) is 11.4 Å². The Morgan fingerprint density at radius 3 is 2.29 bits per heavy atom. The van der Waals surface area contributed by atoms with Gasteiger partial charge in [-0.1, -0.05) is 18.2 Å². The van der Waals surface area contributed by atoms with Crippen molar-refractivity contribution in [1.82, 2.24) is 24.1 Å². The predicted octanol–water partition coefficient (Wildman–Crippen LogP) is 3.36. The molecule has 184 valence electrons. The summed E-state index contributed by atoms with van der Waals surface area (Å²) < 4.78 is 59.2. The molecule has 0 fully saturated rings. The number of alkyl halides is 3. The Bertz CT molecular complexity index is 1550. The smallest absolute Gasteiger partial charge is 0.388 e. The van der Waals surface area contributed by atoms with E-state index in [1.54, 1.807) is 32.0 Å². The first-order valence-corrected chi connectivity index (χ1v) is 10.7. The molecule has 2 heterocycles. The van der Waals surface area contributed by atoms with E-state index in [1.165, 1.54) is 6.07 Å². The van der Waals surface area contributed by atoms with E-state index < -0.39 is 47.1 Å². The van der Waals surface area contributed by atoms with Crippen molar-refractivity contribution < 1.29 is 22.7 Å². The van der Waals surface area contributed by atoms with Crippen LogP contribution in [0.4, 0.5) is 17.6 Å². The normalized spacial score (nSPS) is 12.9. The summed E-state index contributed by atoms with van der Waals surface area (Å²) in [6.07, 6.45) is -4.72. The maximum atomic E-state index is 15.2. The number of aliphatic hydroxyl groups is 1. The molecule has 1 atom stereocenters. The lowest BCUT2D eigenvalue weighted by Gasteiger charge is -2.19. The molecule has 0 bridgehead atoms. The van der Waals surface area contributed by atoms with E-state index in [-0.39, 0.29) is 28.8 Å². The van der Waals surface area contributed by atoms with Gasteiger partial charge < -0.3 is 5.11 Å². The maximum Gasteiger partial charge on any atom is 0.397 e. The van der Waals surface area contributed by atoms with E-state index in [1.807, 2.05) is 0 Å². The molecule has 1 unspecified atom stereocenters. The number of halogens is 4. The van der Waals surface area contributed by atoms with E-state index in [9.17, 15) is 27.9 Å². The van der Waals surface area contributed by atoms with Crippen LogP contribution in [0.1, 0.15) is 36.8 Å². The zero-order valence-corrected chi connectivity index (χ0v) is 19.0. The van der Waals surface area contributed by atoms with Crippen LogP contribution in [-0.2, 0) is 13.2 Å². The molecule has 0 amide bonds. The van der Waals surface area contributed by atoms with Crippen molar-refractivity contribution in [1.29, 1.82) is 0 Å². The summed E-state index contributed by atoms with van der Waals surface area (Å²) in [5.41, 5.74) is -1.75. The molecule has 2 aromatic heterocycles. The Labute approximate surface area is 195 Å². The van der Waals surface area contributed by atoms with E-state index >= 15 is 4.39 Å². The van der Waals surface area contributed by atoms with Gasteiger partial charge in [-0.15, -0.1) is 5.10 Å². The molecule has 4 aromatic rings. The number of benzene rings is 2. The Morgan fingerprint density at radius 1 is 1.03 bits per heavy atom. The molecule has 0 spiro atoms. The molecule has 0 saturated carbocycles. The summed E-state index contributed by atoms with van der Waals surface area (Å²) in [5, 5.41) is 16.8. The largest absolute Gasteiger partial charge is 0.397 e. The van der Waals surface area contributed by atoms with Crippen molar-refractivity contribution in [3.63, 3.8) is 0 Å². The van der Waals surface area contributed by atoms with Gasteiger partial charge in [-0.3, -0.25) is 9.36 Å². The van der Waals surface area contributed by atoms with Crippen LogP contribution in [0.25, 0.3) is 22.1 Å². The number of nitrogens with zero attached hydrogens (tertiary/aromatic N) is 5. The summed E-state index contributed by atoms with van der Waals surface area (Å²) in [5.74, 6) is -3.21. The van der Waals surface area contributed by atoms with Gasteiger partial charge in [0.25, 0.3) is 5.56 Å². The topological polar surface area (TPSA) is 94.9 Å². The number of aryl methyl sites for hydroxylation is 1. The van der Waals surface area contributed by atoms with Crippen LogP contribution in [0.2, 0.25) is 0 Å². The van der Waals surface area contributed by atoms with Gasteiger partial charge in [-0.25, -0.2) is 9.18 Å². The minimum absolute atomic E-state index is 0.0472. The van der Waals surface area contributed by atoms with Crippen molar-refractivity contribution in [3.05, 3.63) is 80.1 Å². The third-order valence-corrected chi connectivity index (χ3v) is 5.86. The highest BCUT2D eigenvalue weighted by Gasteiger charge is 2.40. The lowest BCUT2D eigenvalue weighted by molar-refractivity contribution is -0.147. The number of hydrogen-bond acceptors (Lipinski definition) is 5. The minimum atomic E-state index is -4.72. The SMILES string of the molecule is CCn1c(CO)nn(-c2cc3c(C(C)C(F)(F)F)nn(-c4ccccc4C)c(=O)c3cc2F)c1=O. The van der Waals surface area contributed by atoms with Gasteiger partial charge in [0, 0.05) is 11.9 Å². The van der Waals surface area contributed by atoms with Gasteiger partial charge in [0.2, 0.25) is 0 Å². The molecule has 8 nitrogen and oxygen atoms in total. The second kappa shape index (κ2) is 8.77. The molecule has 0 radical (unpaired) electrons. The molecular weight excluding hydrogens is 470 g/mol. The van der Waals surface area contributed by atoms with E-state index in [0.717, 1.165) is 28.3 Å². The van der Waals surface area contributed by atoms with E-state index in [2.05, 4.69) is 10.2 Å². The van der Waals surface area contributed by atoms with Crippen molar-refractivity contribution in [2.24, 2.45) is 0 Å². The molecule has 1 N–H and O–H groups in total. The number of aliphatic hydroxyl groups excluding tert-OH is 1. The first kappa shape index (κ1) is 24.3. The zero-order valence-electron chi connectivity index (χ0n) is 19.0. The Hall–Kier alpha value is -3.80. The number of para-hydroxylation sites is 1. The number of aromatic nitrogens is 5. The van der Waals surface area contributed by atoms with E-state index in [0.29, 0.717) is 10.2 Å². The highest BCUT2D eigenvalue weighted by atomic mass is 19.4. The third kappa shape index (κ3) is 4.03. The average Bonchev–Trinajstić information content (AvgIpc) is 3.14. The summed E-state index contributed by atoms with van der Waals surface area (Å²) in [6.45, 7) is 3.69. The zero-order chi connectivity index (χ0) is 25.7. The molecule has 12 heteroatoms. The van der Waals surface area contributed by atoms with Crippen LogP contribution < -0.4 is 11.2 Å². The van der Waals surface area contributed by atoms with Crippen LogP contribution in [0.5, 0.6) is 0 Å². The van der Waals surface area contributed by atoms with Gasteiger partial charge in [-0.05, 0) is 44.5 Å². The molecule has 35 heavy (non-hydrogen) atoms. The molecule has 0 aliphatic carbocycles. The number of rotatable bonds is 5. The van der Waals surface area contributed by atoms with Gasteiger partial charge >= 0.3 is 11.9 Å². The lowest BCUT2D eigenvalue weighted by atomic mass is 10.00. The van der Waals surface area contributed by atoms with Crippen LogP contribution in [0.15, 0.2) is 46.0 Å². The van der Waals surface area contributed by atoms with Crippen LogP contribution in [-0.4, -0.2) is 35.4 Å². The van der Waals surface area contributed by atoms with Gasteiger partial charge in [-0.2, -0.15) is 27.6 Å². The van der Waals surface area contributed by atoms with Gasteiger partial charge in [0.05, 0.1) is 22.7 Å². The molecule has 0 saturated heterocycles. The molecule has 4 rings (SSSR count). The lowest BCUT2D eigenvalue weighted by Crippen LogP contribution is -2.28. The highest BCUT2D eigenvalue weighted by Crippen LogP contribution is 2.37. The van der Waals surface area contributed by atoms with Crippen molar-refractivity contribution in [2.75, 3.05) is 0 Å². The molecule has 2 aromatic carbocycles. The second-order valence-corrected chi connectivity index (χ2v) is 8.01. The van der Waals surface area contributed by atoms with Crippen molar-refractivity contribution in [2.45, 2.75) is 46.0 Å². The first-order valence-electron chi connectivity index (χ1n) is 10.7. The van der Waals surface area contributed by atoms with E-state index in [4.69, 9.17) is 0 Å². The monoisotopic (exact) mass is 491 g/mol. The van der Waals surface area contributed by atoms with Gasteiger partial charge in [0.1, 0.15) is 18.1 Å². The number of fused-ring (bicyclic) bond motifs is 1. The predicted molar refractivity (Wildman–Crippen MR) is 119 cm³/mol. The Morgan fingerprint density at radius 2 is 1.71 bits per heavy atom. The first-order chi connectivity index (χ1) is 16.5. The Balaban J connectivity index is 2.10. The fourth-order valence-corrected chi connectivity index (χ4v) is 3.90. The molecular formula is C23H21F4N5O3. The quantitative estimate of drug-likeness (QED) is 0.432. The molecule has 0 aliphatic rings. The summed E-state index contributed by atoms with van der Waals surface area (Å²) in [4.78, 5) is 26.0. The highest BCUT2D eigenvalue weighted by molar-refractivity contribution is 5.86. The standard InChI is InChI=1S/C23H21F4N5O3/c1-4-30-19(11-33)28-32(22(30)35)18-10-14-15(9-16(18)24)21(34)31(17-8-6-5-7-12(17)2)29-20(14)13(3)23(25,26)27/h5-10,13,33H,4,11H2,1-3H3.